The van der Waals surface area contributed by atoms with Crippen molar-refractivity contribution in [2.24, 2.45) is 23.7 Å². The van der Waals surface area contributed by atoms with Crippen molar-refractivity contribution in [3.05, 3.63) is 24.3 Å². The zero-order chi connectivity index (χ0) is 43.1. The third-order valence-corrected chi connectivity index (χ3v) is 12.2. The number of carbonyl (C=O) groups excluding carboxylic acids is 2. The zero-order valence-electron chi connectivity index (χ0n) is 36.1. The van der Waals surface area contributed by atoms with Gasteiger partial charge in [-0.1, -0.05) is 26.8 Å². The monoisotopic (exact) mass is 831 g/mol. The van der Waals surface area contributed by atoms with Crippen LogP contribution in [0, 0.1) is 23.7 Å². The number of methoxy groups -OCH3 is 4. The molecule has 4 rings (SSSR count). The molecule has 0 saturated carbocycles. The third kappa shape index (κ3) is 11.5. The third-order valence-electron chi connectivity index (χ3n) is 12.2. The van der Waals surface area contributed by atoms with Crippen molar-refractivity contribution in [1.29, 1.82) is 0 Å². The predicted molar refractivity (Wildman–Crippen MR) is 207 cm³/mol. The highest BCUT2D eigenvalue weighted by Gasteiger charge is 2.57. The van der Waals surface area contributed by atoms with Crippen LogP contribution in [0.15, 0.2) is 24.3 Å². The van der Waals surface area contributed by atoms with Crippen molar-refractivity contribution in [3.8, 4) is 0 Å². The normalized spacial score (nSPS) is 44.2. The number of aliphatic hydroxyl groups is 3. The van der Waals surface area contributed by atoms with Gasteiger partial charge in [0.25, 0.3) is 0 Å². The van der Waals surface area contributed by atoms with E-state index in [0.717, 1.165) is 0 Å². The largest absolute Gasteiger partial charge is 0.459 e. The van der Waals surface area contributed by atoms with E-state index >= 15 is 0 Å². The fourth-order valence-electron chi connectivity index (χ4n) is 8.50. The number of likely N-dealkylation sites (N-methyl/N-ethyl adjacent to an activating group) is 1. The van der Waals surface area contributed by atoms with E-state index in [-0.39, 0.29) is 12.4 Å². The van der Waals surface area contributed by atoms with E-state index in [4.69, 9.17) is 52.2 Å². The second-order valence-corrected chi connectivity index (χ2v) is 16.2. The molecular weight excluding hydrogens is 762 g/mol. The standard InChI is InChI=1S/C41H69NO16/c1-13-28-26(20-53-40-37(51-11)36(50-10)33(46)24(5)55-40)38-41(6,58-38)17-16-27(43)22(3)18-25(19-30(48-8)49-9)35(21(2)14-15-29(44)56-28)57-39-34(47)31(42(7)52-12)32(45)23(4)54-39/h14-17,21-26,28,30-40,45-47H,13,18-20H2,1-12H3/b15-14-,17-16+/t21?,22?,23-,24-,25?,26?,28?,31+,32-,33-,34-,35?,36-,37+,38?,39+,40-,41?/m1/s1. The molecule has 17 heteroatoms. The van der Waals surface area contributed by atoms with Crippen molar-refractivity contribution in [2.45, 2.75) is 152 Å². The van der Waals surface area contributed by atoms with Gasteiger partial charge in [-0.2, -0.15) is 5.06 Å². The first-order valence-corrected chi connectivity index (χ1v) is 20.3. The van der Waals surface area contributed by atoms with E-state index < -0.39 is 121 Å². The summed E-state index contributed by atoms with van der Waals surface area (Å²) >= 11 is 0. The Balaban J connectivity index is 1.68. The maximum Gasteiger partial charge on any atom is 0.330 e. The molecule has 0 radical (unpaired) electrons. The second-order valence-electron chi connectivity index (χ2n) is 16.2. The van der Waals surface area contributed by atoms with Crippen LogP contribution >= 0.6 is 0 Å². The van der Waals surface area contributed by atoms with Gasteiger partial charge in [0.05, 0.1) is 44.2 Å². The zero-order valence-corrected chi connectivity index (χ0v) is 36.1. The van der Waals surface area contributed by atoms with Gasteiger partial charge in [0.15, 0.2) is 24.7 Å². The number of hydroxylamine groups is 2. The van der Waals surface area contributed by atoms with Crippen LogP contribution in [0.1, 0.15) is 60.8 Å². The maximum absolute atomic E-state index is 13.9. The van der Waals surface area contributed by atoms with E-state index in [0.29, 0.717) is 19.3 Å². The molecule has 0 aromatic rings. The summed E-state index contributed by atoms with van der Waals surface area (Å²) in [5.74, 6) is -2.70. The summed E-state index contributed by atoms with van der Waals surface area (Å²) < 4.78 is 59.8. The molecule has 4 heterocycles. The predicted octanol–water partition coefficient (Wildman–Crippen LogP) is 1.93. The summed E-state index contributed by atoms with van der Waals surface area (Å²) in [4.78, 5) is 32.9. The molecule has 8 unspecified atom stereocenters. The molecular formula is C41H69NO16. The Bertz CT molecular complexity index is 1360. The summed E-state index contributed by atoms with van der Waals surface area (Å²) in [6, 6.07) is -0.889. The number of nitrogens with zero attached hydrogens (tertiary/aromatic N) is 1. The minimum atomic E-state index is -1.34. The molecule has 0 bridgehead atoms. The number of epoxide rings is 1. The fraction of sp³-hybridized carbons (Fsp3) is 0.854. The summed E-state index contributed by atoms with van der Waals surface area (Å²) in [5.41, 5.74) is -0.874. The Morgan fingerprint density at radius 1 is 0.879 bits per heavy atom. The van der Waals surface area contributed by atoms with Gasteiger partial charge in [-0.05, 0) is 51.7 Å². The van der Waals surface area contributed by atoms with Gasteiger partial charge in [0.2, 0.25) is 0 Å². The lowest BCUT2D eigenvalue weighted by Crippen LogP contribution is -2.63. The highest BCUT2D eigenvalue weighted by molar-refractivity contribution is 5.91. The molecule has 4 aliphatic heterocycles. The molecule has 0 amide bonds. The number of hydrogen-bond acceptors (Lipinski definition) is 17. The van der Waals surface area contributed by atoms with E-state index in [1.807, 2.05) is 27.7 Å². The van der Waals surface area contributed by atoms with Crippen LogP contribution in [0.25, 0.3) is 0 Å². The number of fused-ring (bicyclic) bond motifs is 1. The van der Waals surface area contributed by atoms with Gasteiger partial charge in [0, 0.05) is 65.7 Å². The number of ether oxygens (including phenoxy) is 10. The number of carbonyl (C=O) groups is 2. The summed E-state index contributed by atoms with van der Waals surface area (Å²) in [5, 5.41) is 34.5. The molecule has 334 valence electrons. The molecule has 0 spiro atoms. The smallest absolute Gasteiger partial charge is 0.330 e. The molecule has 3 N–H and O–H groups in total. The average molecular weight is 832 g/mol. The molecule has 0 aromatic heterocycles. The van der Waals surface area contributed by atoms with Crippen LogP contribution in [0.2, 0.25) is 0 Å². The average Bonchev–Trinajstić information content (AvgIpc) is 3.88. The Kier molecular flexibility index (Phi) is 18.3. The fourth-order valence-corrected chi connectivity index (χ4v) is 8.50. The van der Waals surface area contributed by atoms with Gasteiger partial charge in [-0.15, -0.1) is 0 Å². The maximum atomic E-state index is 13.9. The van der Waals surface area contributed by atoms with E-state index in [2.05, 4.69) is 0 Å². The van der Waals surface area contributed by atoms with Crippen molar-refractivity contribution < 1.29 is 77.1 Å². The first-order valence-electron chi connectivity index (χ1n) is 20.3. The Morgan fingerprint density at radius 2 is 1.52 bits per heavy atom. The first kappa shape index (κ1) is 48.7. The van der Waals surface area contributed by atoms with Crippen LogP contribution in [0.4, 0.5) is 0 Å². The lowest BCUT2D eigenvalue weighted by Gasteiger charge is -2.46. The van der Waals surface area contributed by atoms with E-state index in [9.17, 15) is 24.9 Å². The van der Waals surface area contributed by atoms with Crippen LogP contribution in [0.3, 0.4) is 0 Å². The molecule has 0 aromatic carbocycles. The van der Waals surface area contributed by atoms with Gasteiger partial charge in [-0.25, -0.2) is 4.79 Å². The highest BCUT2D eigenvalue weighted by atomic mass is 16.7. The minimum Gasteiger partial charge on any atom is -0.459 e. The molecule has 0 aliphatic carbocycles. The number of esters is 1. The number of allylic oxidation sites excluding steroid dienone is 1. The molecule has 3 fully saturated rings. The number of hydrogen-bond donors (Lipinski definition) is 3. The number of ketones is 1. The lowest BCUT2D eigenvalue weighted by atomic mass is 9.81. The second kappa shape index (κ2) is 21.7. The van der Waals surface area contributed by atoms with Crippen LogP contribution in [0.5, 0.6) is 0 Å². The van der Waals surface area contributed by atoms with Gasteiger partial charge in [0.1, 0.15) is 42.2 Å². The molecule has 4 aliphatic rings. The summed E-state index contributed by atoms with van der Waals surface area (Å²) in [6.07, 6.45) is -3.60. The highest BCUT2D eigenvalue weighted by Crippen LogP contribution is 2.45. The molecule has 17 nitrogen and oxygen atoms in total. The number of aliphatic hydroxyl groups excluding tert-OH is 3. The minimum absolute atomic E-state index is 0.0297. The van der Waals surface area contributed by atoms with E-state index in [1.54, 1.807) is 33.0 Å². The summed E-state index contributed by atoms with van der Waals surface area (Å²) in [6.45, 7) is 10.9. The van der Waals surface area contributed by atoms with Crippen molar-refractivity contribution in [3.63, 3.8) is 0 Å². The summed E-state index contributed by atoms with van der Waals surface area (Å²) in [7, 11) is 9.03. The molecule has 18 atom stereocenters. The van der Waals surface area contributed by atoms with E-state index in [1.165, 1.54) is 52.8 Å². The molecule has 3 saturated heterocycles. The number of rotatable bonds is 14. The Morgan fingerprint density at radius 3 is 2.12 bits per heavy atom. The first-order chi connectivity index (χ1) is 27.5. The van der Waals surface area contributed by atoms with Crippen LogP contribution in [-0.2, 0) is 61.8 Å². The van der Waals surface area contributed by atoms with Crippen molar-refractivity contribution >= 4 is 11.8 Å². The van der Waals surface area contributed by atoms with Crippen LogP contribution < -0.4 is 0 Å². The van der Waals surface area contributed by atoms with Gasteiger partial charge >= 0.3 is 5.97 Å². The quantitative estimate of drug-likeness (QED) is 0.0991. The van der Waals surface area contributed by atoms with Gasteiger partial charge < -0.3 is 67.5 Å². The topological polar surface area (TPSA) is 203 Å². The Hall–Kier alpha value is -1.94. The molecule has 58 heavy (non-hydrogen) atoms. The van der Waals surface area contributed by atoms with Crippen LogP contribution in [-0.4, -0.2) is 173 Å². The van der Waals surface area contributed by atoms with Crippen molar-refractivity contribution in [2.75, 3.05) is 49.2 Å². The Labute approximate surface area is 343 Å². The van der Waals surface area contributed by atoms with Crippen molar-refractivity contribution in [1.82, 2.24) is 5.06 Å². The SMILES string of the molecule is CCC1OC(=O)/C=C\C(C)C(O[C@@H]2O[C@H](C)[C@@H](O)[C@H](N(C)OC)[C@H]2O)C(CC(OC)OC)CC(C)C(=O)/C=C/C2(C)OC2C1CO[C@@H]1O[C@H](C)[C@@H](O)[C@@H](OC)[C@@H]1OC. The number of cyclic esters (lactones) is 1. The lowest BCUT2D eigenvalue weighted by molar-refractivity contribution is -0.326. The van der Waals surface area contributed by atoms with Gasteiger partial charge in [-0.3, -0.25) is 4.79 Å².